The maximum Gasteiger partial charge on any atom is 0.282 e. The summed E-state index contributed by atoms with van der Waals surface area (Å²) < 4.78 is 0. The molecule has 0 saturated carbocycles. The van der Waals surface area contributed by atoms with Crippen molar-refractivity contribution in [2.24, 2.45) is 11.8 Å². The number of rotatable bonds is 7. The van der Waals surface area contributed by atoms with E-state index in [1.807, 2.05) is 4.90 Å². The summed E-state index contributed by atoms with van der Waals surface area (Å²) in [6, 6.07) is 4.16. The van der Waals surface area contributed by atoms with E-state index in [1.54, 1.807) is 0 Å². The van der Waals surface area contributed by atoms with Crippen LogP contribution in [-0.2, 0) is 0 Å². The largest absolute Gasteiger partial charge is 0.285 e. The van der Waals surface area contributed by atoms with Crippen LogP contribution in [0.15, 0.2) is 18.2 Å². The lowest BCUT2D eigenvalue weighted by molar-refractivity contribution is -0.385. The fraction of sp³-hybridized carbons (Fsp3) is 0.529. The Hall–Kier alpha value is -2.28. The van der Waals surface area contributed by atoms with Gasteiger partial charge in [-0.3, -0.25) is 29.5 Å². The molecule has 1 aromatic rings. The summed E-state index contributed by atoms with van der Waals surface area (Å²) in [4.78, 5) is 38.8. The molecule has 1 aromatic carbocycles. The second-order valence-electron chi connectivity index (χ2n) is 6.96. The van der Waals surface area contributed by atoms with Gasteiger partial charge in [-0.05, 0) is 17.9 Å². The summed E-state index contributed by atoms with van der Waals surface area (Å²) in [5, 5.41) is 11.1. The second-order valence-corrected chi connectivity index (χ2v) is 6.96. The predicted octanol–water partition coefficient (Wildman–Crippen LogP) is 2.76. The van der Waals surface area contributed by atoms with Gasteiger partial charge >= 0.3 is 0 Å². The zero-order chi connectivity index (χ0) is 18.0. The highest BCUT2D eigenvalue weighted by Gasteiger charge is 2.41. The number of imide groups is 1. The van der Waals surface area contributed by atoms with Crippen LogP contribution in [0.25, 0.3) is 0 Å². The predicted molar refractivity (Wildman–Crippen MR) is 89.7 cm³/mol. The lowest BCUT2D eigenvalue weighted by Crippen LogP contribution is -2.44. The molecule has 1 heterocycles. The highest BCUT2D eigenvalue weighted by Crippen LogP contribution is 2.30. The van der Waals surface area contributed by atoms with Crippen molar-refractivity contribution in [2.75, 3.05) is 19.8 Å². The minimum absolute atomic E-state index is 0.0958. The molecule has 0 N–H and O–H groups in total. The average molecular weight is 333 g/mol. The van der Waals surface area contributed by atoms with Crippen molar-refractivity contribution in [3.05, 3.63) is 39.4 Å². The Bertz CT molecular complexity index is 660. The van der Waals surface area contributed by atoms with E-state index in [9.17, 15) is 19.7 Å². The first-order valence-corrected chi connectivity index (χ1v) is 8.08. The molecule has 130 valence electrons. The lowest BCUT2D eigenvalue weighted by atomic mass is 10.1. The SMILES string of the molecule is CC(C)CN(CC(C)C)CN1C(=O)c2cccc([N+](=O)[O-])c2C1=O. The van der Waals surface area contributed by atoms with E-state index >= 15 is 0 Å². The molecule has 0 saturated heterocycles. The molecule has 0 atom stereocenters. The molecular formula is C17H23N3O4. The van der Waals surface area contributed by atoms with Crippen molar-refractivity contribution in [3.63, 3.8) is 0 Å². The topological polar surface area (TPSA) is 83.8 Å². The highest BCUT2D eigenvalue weighted by molar-refractivity contribution is 6.23. The van der Waals surface area contributed by atoms with Crippen LogP contribution in [0.3, 0.4) is 0 Å². The summed E-state index contributed by atoms with van der Waals surface area (Å²) in [6.45, 7) is 9.92. The van der Waals surface area contributed by atoms with Crippen LogP contribution in [0.5, 0.6) is 0 Å². The van der Waals surface area contributed by atoms with Crippen molar-refractivity contribution in [3.8, 4) is 0 Å². The highest BCUT2D eigenvalue weighted by atomic mass is 16.6. The van der Waals surface area contributed by atoms with Gasteiger partial charge in [0.15, 0.2) is 0 Å². The van der Waals surface area contributed by atoms with E-state index in [4.69, 9.17) is 0 Å². The molecule has 0 spiro atoms. The Kier molecular flexibility index (Phi) is 5.33. The Morgan fingerprint density at radius 1 is 1.08 bits per heavy atom. The number of carbonyl (C=O) groups excluding carboxylic acids is 2. The van der Waals surface area contributed by atoms with Gasteiger partial charge in [0.1, 0.15) is 5.56 Å². The van der Waals surface area contributed by atoms with Crippen LogP contribution >= 0.6 is 0 Å². The standard InChI is InChI=1S/C17H23N3O4/c1-11(2)8-18(9-12(3)4)10-19-16(21)13-6-5-7-14(20(23)24)15(13)17(19)22/h5-7,11-12H,8-10H2,1-4H3. The van der Waals surface area contributed by atoms with Crippen LogP contribution in [-0.4, -0.2) is 46.3 Å². The maximum absolute atomic E-state index is 12.6. The summed E-state index contributed by atoms with van der Waals surface area (Å²) in [5.74, 6) is -0.280. The number of amides is 2. The van der Waals surface area contributed by atoms with Crippen LogP contribution < -0.4 is 0 Å². The monoisotopic (exact) mass is 333 g/mol. The van der Waals surface area contributed by atoms with Crippen molar-refractivity contribution in [1.29, 1.82) is 0 Å². The number of nitro benzene ring substituents is 1. The van der Waals surface area contributed by atoms with Crippen molar-refractivity contribution in [1.82, 2.24) is 9.80 Å². The Labute approximate surface area is 141 Å². The van der Waals surface area contributed by atoms with Crippen LogP contribution in [0.2, 0.25) is 0 Å². The third-order valence-corrected chi connectivity index (χ3v) is 3.76. The molecule has 1 aliphatic heterocycles. The first-order chi connectivity index (χ1) is 11.2. The molecule has 0 unspecified atom stereocenters. The molecule has 24 heavy (non-hydrogen) atoms. The molecular weight excluding hydrogens is 310 g/mol. The van der Waals surface area contributed by atoms with Gasteiger partial charge in [-0.1, -0.05) is 33.8 Å². The van der Waals surface area contributed by atoms with E-state index in [0.29, 0.717) is 11.8 Å². The number of benzene rings is 1. The van der Waals surface area contributed by atoms with E-state index in [2.05, 4.69) is 27.7 Å². The molecule has 2 amide bonds. The first-order valence-electron chi connectivity index (χ1n) is 8.08. The Balaban J connectivity index is 2.29. The fourth-order valence-electron chi connectivity index (χ4n) is 3.02. The third kappa shape index (κ3) is 3.62. The minimum Gasteiger partial charge on any atom is -0.285 e. The maximum atomic E-state index is 12.6. The molecule has 0 radical (unpaired) electrons. The number of carbonyl (C=O) groups is 2. The minimum atomic E-state index is -0.618. The van der Waals surface area contributed by atoms with Gasteiger partial charge in [0.2, 0.25) is 0 Å². The number of hydrogen-bond donors (Lipinski definition) is 0. The number of hydrogen-bond acceptors (Lipinski definition) is 5. The van der Waals surface area contributed by atoms with Gasteiger partial charge in [-0.25, -0.2) is 0 Å². The molecule has 0 aromatic heterocycles. The van der Waals surface area contributed by atoms with Crippen LogP contribution in [0.4, 0.5) is 5.69 Å². The number of nitro groups is 1. The molecule has 1 aliphatic rings. The van der Waals surface area contributed by atoms with Crippen molar-refractivity contribution in [2.45, 2.75) is 27.7 Å². The molecule has 7 nitrogen and oxygen atoms in total. The van der Waals surface area contributed by atoms with Gasteiger partial charge in [-0.15, -0.1) is 0 Å². The first kappa shape index (κ1) is 18.1. The van der Waals surface area contributed by atoms with E-state index in [0.717, 1.165) is 18.0 Å². The molecule has 0 bridgehead atoms. The Morgan fingerprint density at radius 3 is 2.17 bits per heavy atom. The van der Waals surface area contributed by atoms with E-state index in [-0.39, 0.29) is 23.5 Å². The summed E-state index contributed by atoms with van der Waals surface area (Å²) in [6.07, 6.45) is 0. The van der Waals surface area contributed by atoms with Crippen molar-refractivity contribution >= 4 is 17.5 Å². The van der Waals surface area contributed by atoms with Gasteiger partial charge in [-0.2, -0.15) is 0 Å². The Morgan fingerprint density at radius 2 is 1.67 bits per heavy atom. The normalized spacial score (nSPS) is 14.2. The third-order valence-electron chi connectivity index (χ3n) is 3.76. The average Bonchev–Trinajstić information content (AvgIpc) is 2.71. The zero-order valence-corrected chi connectivity index (χ0v) is 14.5. The smallest absolute Gasteiger partial charge is 0.282 e. The number of fused-ring (bicyclic) bond motifs is 1. The zero-order valence-electron chi connectivity index (χ0n) is 14.5. The summed E-state index contributed by atoms with van der Waals surface area (Å²) in [5.41, 5.74) is -0.294. The number of nitrogens with zero attached hydrogens (tertiary/aromatic N) is 3. The molecule has 7 heteroatoms. The van der Waals surface area contributed by atoms with Gasteiger partial charge < -0.3 is 0 Å². The van der Waals surface area contributed by atoms with E-state index in [1.165, 1.54) is 18.2 Å². The van der Waals surface area contributed by atoms with Gasteiger partial charge in [0.05, 0.1) is 17.2 Å². The molecule has 0 aliphatic carbocycles. The quantitative estimate of drug-likeness (QED) is 0.435. The lowest BCUT2D eigenvalue weighted by Gasteiger charge is -2.29. The fourth-order valence-corrected chi connectivity index (χ4v) is 3.02. The summed E-state index contributed by atoms with van der Waals surface area (Å²) >= 11 is 0. The summed E-state index contributed by atoms with van der Waals surface area (Å²) in [7, 11) is 0. The van der Waals surface area contributed by atoms with Crippen molar-refractivity contribution < 1.29 is 14.5 Å². The van der Waals surface area contributed by atoms with Crippen LogP contribution in [0, 0.1) is 22.0 Å². The van der Waals surface area contributed by atoms with Crippen LogP contribution in [0.1, 0.15) is 48.4 Å². The molecule has 0 fully saturated rings. The van der Waals surface area contributed by atoms with Gasteiger partial charge in [0.25, 0.3) is 17.5 Å². The second kappa shape index (κ2) is 7.09. The molecule has 2 rings (SSSR count). The van der Waals surface area contributed by atoms with E-state index < -0.39 is 16.7 Å². The van der Waals surface area contributed by atoms with Gasteiger partial charge in [0, 0.05) is 19.2 Å².